The molecule has 132 valence electrons. The van der Waals surface area contributed by atoms with Gasteiger partial charge in [0.25, 0.3) is 0 Å². The molecule has 0 bridgehead atoms. The molecule has 0 aliphatic carbocycles. The molecule has 1 fully saturated rings. The van der Waals surface area contributed by atoms with Crippen molar-refractivity contribution in [1.82, 2.24) is 30.1 Å². The third-order valence-corrected chi connectivity index (χ3v) is 4.55. The van der Waals surface area contributed by atoms with Gasteiger partial charge in [0.15, 0.2) is 5.82 Å². The summed E-state index contributed by atoms with van der Waals surface area (Å²) in [7, 11) is 0. The monoisotopic (exact) mass is 340 g/mol. The van der Waals surface area contributed by atoms with E-state index in [1.807, 2.05) is 4.68 Å². The molecule has 1 saturated heterocycles. The van der Waals surface area contributed by atoms with E-state index in [0.29, 0.717) is 17.3 Å². The molecule has 2 aromatic heterocycles. The molecule has 8 heteroatoms. The van der Waals surface area contributed by atoms with Gasteiger partial charge in [-0.15, -0.1) is 5.10 Å². The van der Waals surface area contributed by atoms with E-state index in [0.717, 1.165) is 57.8 Å². The third-order valence-electron chi connectivity index (χ3n) is 4.55. The number of nitriles is 1. The summed E-state index contributed by atoms with van der Waals surface area (Å²) in [5.41, 5.74) is 0.590. The maximum atomic E-state index is 9.12. The van der Waals surface area contributed by atoms with Gasteiger partial charge in [-0.2, -0.15) is 5.26 Å². The van der Waals surface area contributed by atoms with E-state index in [-0.39, 0.29) is 0 Å². The average molecular weight is 340 g/mol. The van der Waals surface area contributed by atoms with Gasteiger partial charge in [-0.25, -0.2) is 9.67 Å². The lowest BCUT2D eigenvalue weighted by atomic mass is 10.1. The average Bonchev–Trinajstić information content (AvgIpc) is 3.28. The first-order chi connectivity index (χ1) is 12.3. The van der Waals surface area contributed by atoms with Gasteiger partial charge in [0.1, 0.15) is 11.9 Å². The highest BCUT2D eigenvalue weighted by Gasteiger charge is 2.24. The first-order valence-electron chi connectivity index (χ1n) is 8.86. The molecule has 1 N–H and O–H groups in total. The Kier molecular flexibility index (Phi) is 5.90. The Balaban J connectivity index is 1.49. The number of rotatable bonds is 8. The smallest absolute Gasteiger partial charge is 0.165 e. The number of aryl methyl sites for hydroxylation is 1. The number of tetrazole rings is 1. The normalized spacial score (nSPS) is 17.5. The molecule has 2 aromatic rings. The van der Waals surface area contributed by atoms with Crippen LogP contribution >= 0.6 is 0 Å². The van der Waals surface area contributed by atoms with E-state index in [1.54, 1.807) is 18.3 Å². The molecule has 0 amide bonds. The molecule has 3 rings (SSSR count). The zero-order chi connectivity index (χ0) is 17.5. The number of anilines is 1. The summed E-state index contributed by atoms with van der Waals surface area (Å²) in [5.74, 6) is 2.15. The van der Waals surface area contributed by atoms with Crippen molar-refractivity contribution in [1.29, 1.82) is 5.26 Å². The number of hydrogen-bond donors (Lipinski definition) is 1. The predicted molar refractivity (Wildman–Crippen MR) is 93.6 cm³/mol. The summed E-state index contributed by atoms with van der Waals surface area (Å²) in [4.78, 5) is 6.65. The van der Waals surface area contributed by atoms with Crippen molar-refractivity contribution in [2.75, 3.05) is 25.0 Å². The minimum Gasteiger partial charge on any atom is -0.369 e. The van der Waals surface area contributed by atoms with Crippen molar-refractivity contribution >= 4 is 5.82 Å². The Morgan fingerprint density at radius 1 is 1.44 bits per heavy atom. The van der Waals surface area contributed by atoms with Gasteiger partial charge >= 0.3 is 0 Å². The van der Waals surface area contributed by atoms with Gasteiger partial charge in [-0.1, -0.05) is 13.3 Å². The van der Waals surface area contributed by atoms with Crippen LogP contribution in [-0.2, 0) is 13.1 Å². The fraction of sp³-hybridized carbons (Fsp3) is 0.588. The molecule has 1 atom stereocenters. The SMILES string of the molecule is CCCCn1nnnc1CN1CCC(CNc2ncccc2C#N)C1. The molecule has 8 nitrogen and oxygen atoms in total. The molecule has 1 aliphatic heterocycles. The third kappa shape index (κ3) is 4.51. The first-order valence-corrected chi connectivity index (χ1v) is 8.86. The van der Waals surface area contributed by atoms with Crippen LogP contribution in [0.15, 0.2) is 18.3 Å². The fourth-order valence-electron chi connectivity index (χ4n) is 3.12. The van der Waals surface area contributed by atoms with E-state index < -0.39 is 0 Å². The molecule has 1 aliphatic rings. The van der Waals surface area contributed by atoms with Crippen LogP contribution in [0.4, 0.5) is 5.82 Å². The van der Waals surface area contributed by atoms with Crippen molar-refractivity contribution in [3.63, 3.8) is 0 Å². The number of nitrogens with one attached hydrogen (secondary N) is 1. The molecule has 0 spiro atoms. The molecular weight excluding hydrogens is 316 g/mol. The number of nitrogens with zero attached hydrogens (tertiary/aromatic N) is 7. The molecule has 1 unspecified atom stereocenters. The van der Waals surface area contributed by atoms with E-state index in [4.69, 9.17) is 5.26 Å². The van der Waals surface area contributed by atoms with Crippen molar-refractivity contribution in [3.8, 4) is 6.07 Å². The Morgan fingerprint density at radius 2 is 2.36 bits per heavy atom. The molecule has 0 radical (unpaired) electrons. The zero-order valence-electron chi connectivity index (χ0n) is 14.6. The molecule has 0 aromatic carbocycles. The lowest BCUT2D eigenvalue weighted by Crippen LogP contribution is -2.25. The number of unbranched alkanes of at least 4 members (excludes halogenated alkanes) is 1. The summed E-state index contributed by atoms with van der Waals surface area (Å²) >= 11 is 0. The highest BCUT2D eigenvalue weighted by Crippen LogP contribution is 2.19. The molecule has 3 heterocycles. The largest absolute Gasteiger partial charge is 0.369 e. The van der Waals surface area contributed by atoms with Gasteiger partial charge in [0.2, 0.25) is 0 Å². The number of likely N-dealkylation sites (tertiary alicyclic amines) is 1. The topological polar surface area (TPSA) is 95.6 Å². The summed E-state index contributed by atoms with van der Waals surface area (Å²) in [6.45, 7) is 6.71. The van der Waals surface area contributed by atoms with Crippen LogP contribution in [-0.4, -0.2) is 49.7 Å². The van der Waals surface area contributed by atoms with Crippen LogP contribution in [0.5, 0.6) is 0 Å². The Bertz CT molecular complexity index is 719. The minimum absolute atomic E-state index is 0.536. The fourth-order valence-corrected chi connectivity index (χ4v) is 3.12. The quantitative estimate of drug-likeness (QED) is 0.781. The Hall–Kier alpha value is -2.53. The summed E-state index contributed by atoms with van der Waals surface area (Å²) in [6.07, 6.45) is 5.06. The van der Waals surface area contributed by atoms with Crippen molar-refractivity contribution in [2.24, 2.45) is 5.92 Å². The van der Waals surface area contributed by atoms with Crippen molar-refractivity contribution in [2.45, 2.75) is 39.3 Å². The van der Waals surface area contributed by atoms with Gasteiger partial charge < -0.3 is 5.32 Å². The second-order valence-corrected chi connectivity index (χ2v) is 6.45. The van der Waals surface area contributed by atoms with Crippen molar-refractivity contribution in [3.05, 3.63) is 29.7 Å². The second kappa shape index (κ2) is 8.53. The number of aromatic nitrogens is 5. The maximum Gasteiger partial charge on any atom is 0.165 e. The van der Waals surface area contributed by atoms with E-state index in [2.05, 4.69) is 43.7 Å². The van der Waals surface area contributed by atoms with Crippen LogP contribution in [0.1, 0.15) is 37.6 Å². The Morgan fingerprint density at radius 3 is 3.20 bits per heavy atom. The van der Waals surface area contributed by atoms with Gasteiger partial charge in [0.05, 0.1) is 12.1 Å². The minimum atomic E-state index is 0.536. The van der Waals surface area contributed by atoms with Crippen LogP contribution in [0.25, 0.3) is 0 Å². The van der Waals surface area contributed by atoms with E-state index in [9.17, 15) is 0 Å². The number of pyridine rings is 1. The molecule has 0 saturated carbocycles. The summed E-state index contributed by atoms with van der Waals surface area (Å²) < 4.78 is 1.92. The maximum absolute atomic E-state index is 9.12. The van der Waals surface area contributed by atoms with E-state index in [1.165, 1.54) is 0 Å². The number of hydrogen-bond acceptors (Lipinski definition) is 7. The van der Waals surface area contributed by atoms with Crippen molar-refractivity contribution < 1.29 is 0 Å². The lowest BCUT2D eigenvalue weighted by Gasteiger charge is -2.16. The van der Waals surface area contributed by atoms with E-state index >= 15 is 0 Å². The summed E-state index contributed by atoms with van der Waals surface area (Å²) in [5, 5.41) is 24.5. The Labute approximate surface area is 147 Å². The van der Waals surface area contributed by atoms with Gasteiger partial charge in [0, 0.05) is 25.8 Å². The van der Waals surface area contributed by atoms with Gasteiger partial charge in [-0.05, 0) is 47.9 Å². The van der Waals surface area contributed by atoms with Crippen LogP contribution in [0, 0.1) is 17.2 Å². The summed E-state index contributed by atoms with van der Waals surface area (Å²) in [6, 6.07) is 5.74. The van der Waals surface area contributed by atoms with Crippen LogP contribution in [0.2, 0.25) is 0 Å². The van der Waals surface area contributed by atoms with Gasteiger partial charge in [-0.3, -0.25) is 4.90 Å². The lowest BCUT2D eigenvalue weighted by molar-refractivity contribution is 0.301. The standard InChI is InChI=1S/C17H24N8/c1-2-3-8-25-16(21-22-23-25)13-24-9-6-14(12-24)11-20-17-15(10-18)5-4-7-19-17/h4-5,7,14H,2-3,6,8-9,11-13H2,1H3,(H,19,20). The second-order valence-electron chi connectivity index (χ2n) is 6.45. The molecule has 25 heavy (non-hydrogen) atoms. The first kappa shape index (κ1) is 17.3. The van der Waals surface area contributed by atoms with Crippen LogP contribution < -0.4 is 5.32 Å². The predicted octanol–water partition coefficient (Wildman–Crippen LogP) is 1.67. The highest BCUT2D eigenvalue weighted by molar-refractivity contribution is 5.51. The zero-order valence-corrected chi connectivity index (χ0v) is 14.6. The van der Waals surface area contributed by atoms with Crippen LogP contribution in [0.3, 0.4) is 0 Å². The molecular formula is C17H24N8. The highest BCUT2D eigenvalue weighted by atomic mass is 15.5.